The first kappa shape index (κ1) is 114. The van der Waals surface area contributed by atoms with Gasteiger partial charge >= 0.3 is 12.2 Å². The van der Waals surface area contributed by atoms with Gasteiger partial charge < -0.3 is 69.6 Å². The molecule has 0 bridgehead atoms. The second-order valence-corrected chi connectivity index (χ2v) is 39.3. The Morgan fingerprint density at radius 1 is 0.507 bits per heavy atom. The van der Waals surface area contributed by atoms with Gasteiger partial charge in [-0.25, -0.2) is 65.8 Å². The second kappa shape index (κ2) is 56.2. The van der Waals surface area contributed by atoms with E-state index in [1.165, 1.54) is 116 Å². The number of nitrogens with zero attached hydrogens (tertiary/aromatic N) is 16. The Balaban J connectivity index is 0.000000227. The van der Waals surface area contributed by atoms with Crippen LogP contribution in [0.2, 0.25) is 0 Å². The fraction of sp³-hybridized carbons (Fsp3) is 0.614. The van der Waals surface area contributed by atoms with Crippen molar-refractivity contribution in [3.05, 3.63) is 127 Å². The normalized spacial score (nSPS) is 18.0. The summed E-state index contributed by atoms with van der Waals surface area (Å²) >= 11 is 0. The number of amides is 5. The van der Waals surface area contributed by atoms with Crippen molar-refractivity contribution in [2.24, 2.45) is 41.2 Å². The number of pyridine rings is 3. The molecule has 0 spiro atoms. The molecule has 33 nitrogen and oxygen atoms in total. The number of alkyl halides is 6. The molecule has 9 aromatic rings. The van der Waals surface area contributed by atoms with E-state index in [1.54, 1.807) is 94.4 Å². The van der Waals surface area contributed by atoms with Gasteiger partial charge in [-0.05, 0) is 296 Å². The number of halogens is 6. The number of rotatable bonds is 41. The third kappa shape index (κ3) is 35.9. The topological polar surface area (TPSA) is 390 Å². The van der Waals surface area contributed by atoms with E-state index in [1.807, 2.05) is 13.1 Å². The number of anilines is 6. The van der Waals surface area contributed by atoms with Crippen molar-refractivity contribution in [2.75, 3.05) is 111 Å². The van der Waals surface area contributed by atoms with Crippen molar-refractivity contribution < 1.29 is 100 Å². The van der Waals surface area contributed by atoms with Gasteiger partial charge in [0.05, 0.1) is 35.2 Å². The molecule has 0 radical (unpaired) electrons. The Morgan fingerprint density at radius 2 is 0.845 bits per heavy atom. The monoisotopic (exact) mass is 2170 g/mol. The number of aromatic nitrogens is 12. The Hall–Kier alpha value is -10.3. The summed E-state index contributed by atoms with van der Waals surface area (Å²) in [5, 5.41) is 26.5. The molecule has 6 aliphatic rings. The van der Waals surface area contributed by atoms with Gasteiger partial charge in [-0.2, -0.15) is 25.2 Å². The van der Waals surface area contributed by atoms with Crippen molar-refractivity contribution in [2.45, 2.75) is 285 Å². The minimum Gasteiger partial charge on any atom is -0.444 e. The van der Waals surface area contributed by atoms with Crippen LogP contribution in [0.25, 0.3) is 34.4 Å². The molecular formula is C101H147F6N22O11PW. The molecule has 1 unspecified atom stereocenters. The van der Waals surface area contributed by atoms with Crippen LogP contribution in [0.1, 0.15) is 323 Å². The number of nitrogens with two attached hydrogens (primary N) is 1. The van der Waals surface area contributed by atoms with Crippen molar-refractivity contribution in [3.8, 4) is 34.4 Å². The van der Waals surface area contributed by atoms with Gasteiger partial charge in [-0.15, -0.1) is 0 Å². The van der Waals surface area contributed by atoms with Gasteiger partial charge in [0.2, 0.25) is 17.7 Å². The van der Waals surface area contributed by atoms with Crippen molar-refractivity contribution in [1.82, 2.24) is 74.4 Å². The average molecular weight is 2180 g/mol. The molecule has 15 rings (SSSR count). The summed E-state index contributed by atoms with van der Waals surface area (Å²) in [6, 6.07) is 9.98. The molecule has 9 heterocycles. The fourth-order valence-corrected chi connectivity index (χ4v) is 17.0. The third-order valence-corrected chi connectivity index (χ3v) is 25.2. The molecule has 0 aliphatic heterocycles. The maximum absolute atomic E-state index is 14.0. The molecular weight excluding hydrogens is 2030 g/mol. The van der Waals surface area contributed by atoms with Crippen LogP contribution in [0, 0.1) is 35.5 Å². The SMILES string of the molecule is CC(C)(C)OC(=O)N(CC1CC1)c1cc(-c2nc(C(=O)Nc3cn(C4CCC(C=O)CC4)nc3C(F)F)co2)ccn1.CCCCCN(C)CC1CCC(n2cc(NC(=O)c3coc(-c4ccnc(N(CC5CC5)C(=O)OC(C)(C)C)c4)n3)c(C(F)F)n2)CC1.CCCCCNC.CN(CCCCN)CC1CCC(n2cc(NC(=O)c3coc(-c4ccnc(NCC5CC5)c4)n3)c(C(F)F)n2)CC1.P.[2H]CC.[W]. The van der Waals surface area contributed by atoms with Crippen molar-refractivity contribution in [3.63, 3.8) is 0 Å². The van der Waals surface area contributed by atoms with Crippen LogP contribution in [0.5, 0.6) is 0 Å². The predicted molar refractivity (Wildman–Crippen MR) is 536 cm³/mol. The molecule has 7 N–H and O–H groups in total. The zero-order valence-electron chi connectivity index (χ0n) is 85.2. The minimum atomic E-state index is -2.90. The number of carbonyl (C=O) groups is 6. The summed E-state index contributed by atoms with van der Waals surface area (Å²) in [7, 11) is 6.30. The van der Waals surface area contributed by atoms with Crippen LogP contribution in [-0.2, 0) is 35.3 Å². The largest absolute Gasteiger partial charge is 0.444 e. The summed E-state index contributed by atoms with van der Waals surface area (Å²) < 4.78 is 122. The molecule has 780 valence electrons. The molecule has 5 amide bonds. The molecule has 0 aromatic carbocycles. The van der Waals surface area contributed by atoms with Gasteiger partial charge in [0.25, 0.3) is 37.0 Å². The van der Waals surface area contributed by atoms with Gasteiger partial charge in [0.1, 0.15) is 53.7 Å². The predicted octanol–water partition coefficient (Wildman–Crippen LogP) is 22.2. The van der Waals surface area contributed by atoms with Gasteiger partial charge in [-0.3, -0.25) is 38.2 Å². The summed E-state index contributed by atoms with van der Waals surface area (Å²) in [5.41, 5.74) is 4.03. The number of ether oxygens (including phenoxy) is 2. The standard InChI is InChI=1S/C35H49F2N7O4.C29H40F2N8O2.C29H34F2N6O5.C6H15N.C2H6.H3P.W/c1-6-7-8-17-42(5)19-23-11-13-26(14-12-23)44-21-27(30(41-44)31(36)37)39-32(45)28-22-47-33(40-28)25-15-16-38-29(18-25)43(20-24-9-10-24)34(46)48-35(2,3)4;1-38(13-3-2-11-32)16-20-6-8-22(9-7-20)39-17-23(26(37-39)27(30)31)35-28(40)24-18-41-29(36-24)21-10-12-33-25(14-21)34-15-19-4-5-19;1-29(2,3)42-28(40)36(13-17-4-5-17)23-12-19(10-11-32-23)27-34-22(16-41-27)26(39)33-21-14-37(35-24(21)25(30)31)20-8-6-18(15-38)7-9-20;1-3-4-5-6-7-2;1-2;;/h15-16,18,21-24,26,31H,6-14,17,19-20H2,1-5H3,(H,39,45);10,12,14,17-20,22,27H,2-9,11,13,15-16,32H2,1H3,(H,33,34)(H,35,40);10-12,14-18,20,25H,4-9,13H2,1-3H3,(H,33,39);7H,3-6H2,1-2H3;1-2H3;1H3;/i;;;;1D;;. The number of oxazole rings is 3. The Morgan fingerprint density at radius 3 is 1.18 bits per heavy atom. The zero-order chi connectivity index (χ0) is 101. The minimum absolute atomic E-state index is 0. The molecule has 6 aliphatic carbocycles. The van der Waals surface area contributed by atoms with E-state index in [0.29, 0.717) is 109 Å². The van der Waals surface area contributed by atoms with E-state index >= 15 is 0 Å². The number of unbranched alkanes of at least 4 members (excludes halogenated alkanes) is 5. The van der Waals surface area contributed by atoms with E-state index in [4.69, 9.17) is 29.8 Å². The number of nitrogens with one attached hydrogen (secondary N) is 5. The fourth-order valence-electron chi connectivity index (χ4n) is 17.0. The molecule has 142 heavy (non-hydrogen) atoms. The third-order valence-electron chi connectivity index (χ3n) is 25.2. The van der Waals surface area contributed by atoms with Gasteiger partial charge in [0, 0.05) is 115 Å². The van der Waals surface area contributed by atoms with E-state index in [0.717, 1.165) is 142 Å². The average Bonchev–Trinajstić information content (AvgIpc) is 1.61. The van der Waals surface area contributed by atoms with E-state index in [-0.39, 0.29) is 107 Å². The Kier molecular flexibility index (Phi) is 45.0. The van der Waals surface area contributed by atoms with Crippen LogP contribution in [-0.4, -0.2) is 196 Å². The van der Waals surface area contributed by atoms with Crippen LogP contribution in [0.4, 0.5) is 70.4 Å². The van der Waals surface area contributed by atoms with Gasteiger partial charge in [0.15, 0.2) is 34.2 Å². The number of hydrogen-bond donors (Lipinski definition) is 6. The molecule has 1 atom stereocenters. The second-order valence-electron chi connectivity index (χ2n) is 39.3. The first-order valence-electron chi connectivity index (χ1n) is 50.4. The quantitative estimate of drug-likeness (QED) is 0.00897. The zero-order valence-corrected chi connectivity index (χ0v) is 88.6. The molecule has 41 heteroatoms. The van der Waals surface area contributed by atoms with E-state index in [9.17, 15) is 55.1 Å². The molecule has 6 saturated carbocycles. The van der Waals surface area contributed by atoms with E-state index < -0.39 is 77.5 Å². The van der Waals surface area contributed by atoms with Crippen LogP contribution >= 0.6 is 9.90 Å². The maximum atomic E-state index is 14.0. The Labute approximate surface area is 848 Å². The summed E-state index contributed by atoms with van der Waals surface area (Å²) in [4.78, 5) is 110. The molecule has 6 fully saturated rings. The first-order valence-corrected chi connectivity index (χ1v) is 49.7. The van der Waals surface area contributed by atoms with Gasteiger partial charge in [-0.1, -0.05) is 53.4 Å². The number of aldehydes is 1. The maximum Gasteiger partial charge on any atom is 0.416 e. The first-order chi connectivity index (χ1) is 67.6. The molecule has 0 saturated heterocycles. The number of carbonyl (C=O) groups excluding carboxylic acids is 6. The molecule has 9 aromatic heterocycles. The van der Waals surface area contributed by atoms with Crippen LogP contribution in [0.3, 0.4) is 0 Å². The summed E-state index contributed by atoms with van der Waals surface area (Å²) in [5.74, 6) is 2.40. The van der Waals surface area contributed by atoms with Crippen molar-refractivity contribution in [1.29, 1.82) is 0 Å². The Bertz CT molecular complexity index is 5400. The van der Waals surface area contributed by atoms with Crippen LogP contribution in [0.15, 0.2) is 106 Å². The van der Waals surface area contributed by atoms with Crippen molar-refractivity contribution >= 4 is 80.6 Å². The smallest absolute Gasteiger partial charge is 0.416 e. The number of hydrogen-bond acceptors (Lipinski definition) is 25. The van der Waals surface area contributed by atoms with Crippen LogP contribution < -0.4 is 42.1 Å². The summed E-state index contributed by atoms with van der Waals surface area (Å²) in [6.07, 6.45) is 30.3. The van der Waals surface area contributed by atoms with E-state index in [2.05, 4.69) is 110 Å². The summed E-state index contributed by atoms with van der Waals surface area (Å²) in [6.45, 7) is 25.4.